The first-order chi connectivity index (χ1) is 12.5. The van der Waals surface area contributed by atoms with Gasteiger partial charge in [-0.3, -0.25) is 4.90 Å². The zero-order valence-electron chi connectivity index (χ0n) is 16.5. The van der Waals surface area contributed by atoms with Gasteiger partial charge in [-0.2, -0.15) is 0 Å². The maximum atomic E-state index is 4.52. The average molecular weight is 374 g/mol. The molecule has 0 N–H and O–H groups in total. The van der Waals surface area contributed by atoms with Gasteiger partial charge in [-0.05, 0) is 64.3 Å². The third-order valence-electron chi connectivity index (χ3n) is 6.48. The van der Waals surface area contributed by atoms with Gasteiger partial charge in [-0.15, -0.1) is 21.5 Å². The minimum atomic E-state index is 0.346. The Bertz CT molecular complexity index is 741. The molecule has 0 amide bonds. The molecule has 0 bridgehead atoms. The first-order valence-corrected chi connectivity index (χ1v) is 10.6. The van der Waals surface area contributed by atoms with E-state index in [1.54, 1.807) is 0 Å². The number of hydrogen-bond donors (Lipinski definition) is 0. The zero-order valence-corrected chi connectivity index (χ0v) is 17.3. The second-order valence-electron chi connectivity index (χ2n) is 8.53. The summed E-state index contributed by atoms with van der Waals surface area (Å²) in [6.45, 7) is 12.6. The first-order valence-electron chi connectivity index (χ1n) is 9.82. The van der Waals surface area contributed by atoms with Gasteiger partial charge in [0.1, 0.15) is 12.2 Å². The van der Waals surface area contributed by atoms with Crippen LogP contribution in [0.1, 0.15) is 48.2 Å². The fourth-order valence-electron chi connectivity index (χ4n) is 4.94. The Morgan fingerprint density at radius 1 is 1.27 bits per heavy atom. The lowest BCUT2D eigenvalue weighted by Gasteiger charge is -2.43. The molecule has 0 aliphatic carbocycles. The Kier molecular flexibility index (Phi) is 4.92. The van der Waals surface area contributed by atoms with E-state index in [1.165, 1.54) is 48.1 Å². The minimum absolute atomic E-state index is 0.346. The third-order valence-corrected chi connectivity index (χ3v) is 7.46. The minimum Gasteiger partial charge on any atom is -0.320 e. The largest absolute Gasteiger partial charge is 0.320 e. The summed E-state index contributed by atoms with van der Waals surface area (Å²) in [5.41, 5.74) is 0.346. The Morgan fingerprint density at radius 2 is 2.04 bits per heavy atom. The topological polar surface area (TPSA) is 37.2 Å². The molecule has 2 fully saturated rings. The SMILES string of the molecule is Cc1ccc(CN2CC(c3nncn3C)C3(CCN(C(C)C)CC3)C2)s1. The van der Waals surface area contributed by atoms with E-state index in [9.17, 15) is 0 Å². The highest BCUT2D eigenvalue weighted by atomic mass is 32.1. The molecular formula is C20H31N5S. The molecule has 1 spiro atoms. The molecule has 5 nitrogen and oxygen atoms in total. The lowest BCUT2D eigenvalue weighted by Crippen LogP contribution is -2.46. The van der Waals surface area contributed by atoms with Gasteiger partial charge < -0.3 is 9.47 Å². The molecule has 6 heteroatoms. The lowest BCUT2D eigenvalue weighted by atomic mass is 9.70. The van der Waals surface area contributed by atoms with E-state index < -0.39 is 0 Å². The van der Waals surface area contributed by atoms with Crippen LogP contribution in [-0.2, 0) is 13.6 Å². The Hall–Kier alpha value is -1.24. The molecule has 1 unspecified atom stereocenters. The van der Waals surface area contributed by atoms with Crippen molar-refractivity contribution in [3.8, 4) is 0 Å². The molecule has 2 aliphatic rings. The van der Waals surface area contributed by atoms with Crippen molar-refractivity contribution in [2.45, 2.75) is 52.1 Å². The van der Waals surface area contributed by atoms with Crippen molar-refractivity contribution in [3.05, 3.63) is 34.0 Å². The summed E-state index contributed by atoms with van der Waals surface area (Å²) < 4.78 is 2.14. The van der Waals surface area contributed by atoms with Gasteiger partial charge in [0, 0.05) is 48.4 Å². The molecule has 0 radical (unpaired) electrons. The van der Waals surface area contributed by atoms with Crippen molar-refractivity contribution in [1.82, 2.24) is 24.6 Å². The van der Waals surface area contributed by atoms with Crippen LogP contribution < -0.4 is 0 Å². The second kappa shape index (κ2) is 7.06. The molecule has 0 aromatic carbocycles. The van der Waals surface area contributed by atoms with Gasteiger partial charge in [0.2, 0.25) is 0 Å². The highest BCUT2D eigenvalue weighted by Gasteiger charge is 2.50. The summed E-state index contributed by atoms with van der Waals surface area (Å²) in [5.74, 6) is 1.67. The maximum Gasteiger partial charge on any atom is 0.137 e. The Morgan fingerprint density at radius 3 is 2.62 bits per heavy atom. The van der Waals surface area contributed by atoms with Crippen molar-refractivity contribution in [3.63, 3.8) is 0 Å². The summed E-state index contributed by atoms with van der Waals surface area (Å²) in [5, 5.41) is 8.71. The van der Waals surface area contributed by atoms with Gasteiger partial charge >= 0.3 is 0 Å². The van der Waals surface area contributed by atoms with Gasteiger partial charge in [0.15, 0.2) is 0 Å². The van der Waals surface area contributed by atoms with Crippen molar-refractivity contribution in [2.75, 3.05) is 26.2 Å². The third kappa shape index (κ3) is 3.35. The number of thiophene rings is 1. The molecule has 142 valence electrons. The predicted octanol–water partition coefficient (Wildman–Crippen LogP) is 3.28. The van der Waals surface area contributed by atoms with E-state index in [0.29, 0.717) is 17.4 Å². The molecule has 4 rings (SSSR count). The van der Waals surface area contributed by atoms with Crippen LogP contribution in [0.2, 0.25) is 0 Å². The van der Waals surface area contributed by atoms with E-state index >= 15 is 0 Å². The summed E-state index contributed by atoms with van der Waals surface area (Å²) in [6.07, 6.45) is 4.39. The van der Waals surface area contributed by atoms with E-state index in [2.05, 4.69) is 64.5 Å². The van der Waals surface area contributed by atoms with Crippen LogP contribution in [0.5, 0.6) is 0 Å². The molecule has 2 saturated heterocycles. The van der Waals surface area contributed by atoms with Gasteiger partial charge in [-0.25, -0.2) is 0 Å². The maximum absolute atomic E-state index is 4.52. The van der Waals surface area contributed by atoms with Gasteiger partial charge in [-0.1, -0.05) is 0 Å². The second-order valence-corrected chi connectivity index (χ2v) is 9.90. The quantitative estimate of drug-likeness (QED) is 0.824. The average Bonchev–Trinajstić information content (AvgIpc) is 3.28. The van der Waals surface area contributed by atoms with E-state index in [-0.39, 0.29) is 0 Å². The van der Waals surface area contributed by atoms with Gasteiger partial charge in [0.05, 0.1) is 0 Å². The molecule has 2 aromatic rings. The van der Waals surface area contributed by atoms with Crippen LogP contribution in [0.15, 0.2) is 18.5 Å². The fraction of sp³-hybridized carbons (Fsp3) is 0.700. The normalized spacial score (nSPS) is 24.1. The summed E-state index contributed by atoms with van der Waals surface area (Å²) in [4.78, 5) is 8.18. The lowest BCUT2D eigenvalue weighted by molar-refractivity contribution is 0.0748. The van der Waals surface area contributed by atoms with Crippen LogP contribution in [0.25, 0.3) is 0 Å². The first kappa shape index (κ1) is 18.1. The fourth-order valence-corrected chi connectivity index (χ4v) is 5.87. The van der Waals surface area contributed by atoms with Gasteiger partial charge in [0.25, 0.3) is 0 Å². The number of hydrogen-bond acceptors (Lipinski definition) is 5. The molecule has 2 aromatic heterocycles. The Labute approximate surface area is 161 Å². The highest BCUT2D eigenvalue weighted by molar-refractivity contribution is 7.11. The van der Waals surface area contributed by atoms with Crippen molar-refractivity contribution < 1.29 is 0 Å². The van der Waals surface area contributed by atoms with Crippen LogP contribution in [-0.4, -0.2) is 56.8 Å². The molecule has 1 atom stereocenters. The highest BCUT2D eigenvalue weighted by Crippen LogP contribution is 2.49. The molecular weight excluding hydrogens is 342 g/mol. The predicted molar refractivity (Wildman–Crippen MR) is 106 cm³/mol. The Balaban J connectivity index is 1.56. The number of likely N-dealkylation sites (tertiary alicyclic amines) is 2. The molecule has 0 saturated carbocycles. The van der Waals surface area contributed by atoms with E-state index in [1.807, 2.05) is 17.7 Å². The summed E-state index contributed by atoms with van der Waals surface area (Å²) >= 11 is 1.93. The number of aryl methyl sites for hydroxylation is 2. The van der Waals surface area contributed by atoms with Crippen LogP contribution in [0, 0.1) is 12.3 Å². The number of nitrogens with zero attached hydrogens (tertiary/aromatic N) is 5. The number of aromatic nitrogens is 3. The zero-order chi connectivity index (χ0) is 18.3. The smallest absolute Gasteiger partial charge is 0.137 e. The van der Waals surface area contributed by atoms with Crippen molar-refractivity contribution in [1.29, 1.82) is 0 Å². The molecule has 26 heavy (non-hydrogen) atoms. The van der Waals surface area contributed by atoms with Crippen LogP contribution >= 0.6 is 11.3 Å². The van der Waals surface area contributed by atoms with Crippen molar-refractivity contribution >= 4 is 11.3 Å². The van der Waals surface area contributed by atoms with Crippen molar-refractivity contribution in [2.24, 2.45) is 12.5 Å². The van der Waals surface area contributed by atoms with Crippen LogP contribution in [0.4, 0.5) is 0 Å². The summed E-state index contributed by atoms with van der Waals surface area (Å²) in [6, 6.07) is 5.18. The standard InChI is InChI=1S/C20H31N5S/c1-15(2)25-9-7-20(8-10-25)13-24(11-17-6-5-16(3)26-17)12-18(20)19-22-21-14-23(19)4/h5-6,14-15,18H,7-13H2,1-4H3. The van der Waals surface area contributed by atoms with E-state index in [0.717, 1.165) is 13.1 Å². The van der Waals surface area contributed by atoms with Crippen LogP contribution in [0.3, 0.4) is 0 Å². The number of rotatable bonds is 4. The number of piperidine rings is 1. The monoisotopic (exact) mass is 373 g/mol. The molecule has 2 aliphatic heterocycles. The molecule has 4 heterocycles. The van der Waals surface area contributed by atoms with E-state index in [4.69, 9.17) is 0 Å². The summed E-state index contributed by atoms with van der Waals surface area (Å²) in [7, 11) is 2.09.